The van der Waals surface area contributed by atoms with Crippen molar-refractivity contribution < 1.29 is 18.7 Å². The summed E-state index contributed by atoms with van der Waals surface area (Å²) in [5, 5.41) is 8.54. The number of pyridine rings is 1. The minimum atomic E-state index is -0.435. The van der Waals surface area contributed by atoms with Crippen LogP contribution in [0.4, 0.5) is 4.39 Å². The van der Waals surface area contributed by atoms with Crippen LogP contribution in [0, 0.1) is 19.7 Å². The van der Waals surface area contributed by atoms with Crippen molar-refractivity contribution in [3.8, 4) is 11.4 Å². The van der Waals surface area contributed by atoms with Gasteiger partial charge in [-0.15, -0.1) is 0 Å². The molecule has 9 heteroatoms. The first-order chi connectivity index (χ1) is 18.2. The van der Waals surface area contributed by atoms with E-state index in [-0.39, 0.29) is 24.7 Å². The number of para-hydroxylation sites is 1. The molecule has 38 heavy (non-hydrogen) atoms. The number of nitrogens with one attached hydrogen (secondary N) is 1. The van der Waals surface area contributed by atoms with Gasteiger partial charge in [0.15, 0.2) is 5.82 Å². The van der Waals surface area contributed by atoms with E-state index in [4.69, 9.17) is 26.1 Å². The minimum absolute atomic E-state index is 0.0872. The van der Waals surface area contributed by atoms with Crippen LogP contribution >= 0.6 is 11.6 Å². The van der Waals surface area contributed by atoms with Gasteiger partial charge in [-0.1, -0.05) is 29.8 Å². The molecule has 0 bridgehead atoms. The van der Waals surface area contributed by atoms with E-state index in [0.717, 1.165) is 34.2 Å². The summed E-state index contributed by atoms with van der Waals surface area (Å²) >= 11 is 6.70. The summed E-state index contributed by atoms with van der Waals surface area (Å²) in [6.07, 6.45) is 3.73. The third kappa shape index (κ3) is 5.37. The van der Waals surface area contributed by atoms with Crippen LogP contribution in [0.25, 0.3) is 16.6 Å². The standard InChI is InChI=1S/C29H30ClFN4O3/c1-16-10-22(19(4)34-29(36)27-9-8-18(3)38-27)23(24(30)11-16)15-37-26-7-5-6-21-25(12-17(2)33-28(21)26)35-14-20(31)13-32-35/h5-7,10-14,18-19,27H,8-9,15H2,1-4H3,(H,34,36)/t18-,19-,27-/m0/s1. The van der Waals surface area contributed by atoms with Crippen LogP contribution in [0.15, 0.2) is 48.8 Å². The molecule has 198 valence electrons. The third-order valence-corrected chi connectivity index (χ3v) is 7.14. The van der Waals surface area contributed by atoms with Crippen molar-refractivity contribution in [1.82, 2.24) is 20.1 Å². The van der Waals surface area contributed by atoms with Gasteiger partial charge in [0.1, 0.15) is 24.0 Å². The fraction of sp³-hybridized carbons (Fsp3) is 0.345. The van der Waals surface area contributed by atoms with Gasteiger partial charge in [-0.25, -0.2) is 14.1 Å². The van der Waals surface area contributed by atoms with E-state index in [1.54, 1.807) is 0 Å². The quantitative estimate of drug-likeness (QED) is 0.306. The van der Waals surface area contributed by atoms with Gasteiger partial charge in [-0.3, -0.25) is 4.79 Å². The normalized spacial score (nSPS) is 18.1. The van der Waals surface area contributed by atoms with Crippen LogP contribution < -0.4 is 10.1 Å². The Hall–Kier alpha value is -3.49. The lowest BCUT2D eigenvalue weighted by Gasteiger charge is -2.22. The van der Waals surface area contributed by atoms with E-state index < -0.39 is 11.9 Å². The Balaban J connectivity index is 1.43. The van der Waals surface area contributed by atoms with Crippen molar-refractivity contribution in [2.24, 2.45) is 0 Å². The Labute approximate surface area is 225 Å². The second kappa shape index (κ2) is 10.7. The number of carbonyl (C=O) groups is 1. The van der Waals surface area contributed by atoms with E-state index in [2.05, 4.69) is 10.4 Å². The summed E-state index contributed by atoms with van der Waals surface area (Å²) in [4.78, 5) is 17.5. The van der Waals surface area contributed by atoms with Gasteiger partial charge in [0, 0.05) is 21.7 Å². The summed E-state index contributed by atoms with van der Waals surface area (Å²) in [5.74, 6) is 0.0205. The zero-order valence-corrected chi connectivity index (χ0v) is 22.6. The number of hydrogen-bond donors (Lipinski definition) is 1. The molecule has 2 aromatic carbocycles. The van der Waals surface area contributed by atoms with Crippen LogP contribution in [0.1, 0.15) is 55.1 Å². The molecule has 0 aliphatic carbocycles. The molecule has 1 amide bonds. The molecule has 2 aromatic heterocycles. The van der Waals surface area contributed by atoms with E-state index in [9.17, 15) is 9.18 Å². The van der Waals surface area contributed by atoms with E-state index in [0.29, 0.717) is 28.4 Å². The highest BCUT2D eigenvalue weighted by atomic mass is 35.5. The molecule has 0 spiro atoms. The Morgan fingerprint density at radius 2 is 2.11 bits per heavy atom. The van der Waals surface area contributed by atoms with Crippen molar-refractivity contribution in [1.29, 1.82) is 0 Å². The summed E-state index contributed by atoms with van der Waals surface area (Å²) in [6.45, 7) is 7.92. The lowest BCUT2D eigenvalue weighted by atomic mass is 9.98. The zero-order chi connectivity index (χ0) is 27.0. The van der Waals surface area contributed by atoms with Gasteiger partial charge < -0.3 is 14.8 Å². The van der Waals surface area contributed by atoms with Crippen LogP contribution in [-0.4, -0.2) is 32.9 Å². The molecule has 0 saturated carbocycles. The first-order valence-electron chi connectivity index (χ1n) is 12.7. The smallest absolute Gasteiger partial charge is 0.249 e. The summed E-state index contributed by atoms with van der Waals surface area (Å²) in [5.41, 5.74) is 4.73. The largest absolute Gasteiger partial charge is 0.487 e. The summed E-state index contributed by atoms with van der Waals surface area (Å²) < 4.78 is 27.2. The van der Waals surface area contributed by atoms with Gasteiger partial charge in [0.05, 0.1) is 30.2 Å². The second-order valence-electron chi connectivity index (χ2n) is 9.88. The van der Waals surface area contributed by atoms with Gasteiger partial charge in [-0.2, -0.15) is 5.10 Å². The molecule has 0 radical (unpaired) electrons. The monoisotopic (exact) mass is 536 g/mol. The van der Waals surface area contributed by atoms with Crippen molar-refractivity contribution in [2.45, 2.75) is 65.4 Å². The first-order valence-corrected chi connectivity index (χ1v) is 13.1. The third-order valence-electron chi connectivity index (χ3n) is 6.80. The number of rotatable bonds is 7. The molecule has 3 heterocycles. The highest BCUT2D eigenvalue weighted by molar-refractivity contribution is 6.31. The number of fused-ring (bicyclic) bond motifs is 1. The highest BCUT2D eigenvalue weighted by Crippen LogP contribution is 2.33. The molecule has 1 aliphatic heterocycles. The molecule has 1 saturated heterocycles. The number of hydrogen-bond acceptors (Lipinski definition) is 5. The molecule has 3 atom stereocenters. The van der Waals surface area contributed by atoms with Gasteiger partial charge >= 0.3 is 0 Å². The zero-order valence-electron chi connectivity index (χ0n) is 21.8. The fourth-order valence-corrected chi connectivity index (χ4v) is 5.27. The number of ether oxygens (including phenoxy) is 2. The topological polar surface area (TPSA) is 78.3 Å². The molecule has 7 nitrogen and oxygen atoms in total. The number of halogens is 2. The van der Waals surface area contributed by atoms with E-state index in [1.807, 2.05) is 64.1 Å². The molecule has 4 aromatic rings. The predicted octanol–water partition coefficient (Wildman–Crippen LogP) is 6.15. The van der Waals surface area contributed by atoms with Crippen molar-refractivity contribution in [2.75, 3.05) is 0 Å². The number of benzene rings is 2. The summed E-state index contributed by atoms with van der Waals surface area (Å²) in [6, 6.07) is 11.1. The highest BCUT2D eigenvalue weighted by Gasteiger charge is 2.29. The van der Waals surface area contributed by atoms with Crippen LogP contribution in [0.2, 0.25) is 5.02 Å². The molecule has 5 rings (SSSR count). The maximum atomic E-state index is 13.7. The summed E-state index contributed by atoms with van der Waals surface area (Å²) in [7, 11) is 0. The van der Waals surface area contributed by atoms with Crippen LogP contribution in [0.3, 0.4) is 0 Å². The molecule has 0 unspecified atom stereocenters. The second-order valence-corrected chi connectivity index (χ2v) is 10.3. The van der Waals surface area contributed by atoms with Crippen molar-refractivity contribution in [3.05, 3.63) is 82.0 Å². The lowest BCUT2D eigenvalue weighted by Crippen LogP contribution is -2.36. The molecular formula is C29H30ClFN4O3. The maximum Gasteiger partial charge on any atom is 0.249 e. The van der Waals surface area contributed by atoms with Gasteiger partial charge in [0.25, 0.3) is 0 Å². The van der Waals surface area contributed by atoms with Gasteiger partial charge in [-0.05, 0) is 69.9 Å². The Kier molecular flexibility index (Phi) is 7.36. The number of nitrogens with zero attached hydrogens (tertiary/aromatic N) is 3. The fourth-order valence-electron chi connectivity index (χ4n) is 4.93. The predicted molar refractivity (Wildman–Crippen MR) is 144 cm³/mol. The SMILES string of the molecule is Cc1cc(Cl)c(COc2cccc3c(-n4cc(F)cn4)cc(C)nc23)c([C@H](C)NC(=O)[C@@H]2CC[C@H](C)O2)c1. The number of aryl methyl sites for hydroxylation is 2. The van der Waals surface area contributed by atoms with E-state index >= 15 is 0 Å². The average molecular weight is 537 g/mol. The van der Waals surface area contributed by atoms with E-state index in [1.165, 1.54) is 17.1 Å². The van der Waals surface area contributed by atoms with Crippen LogP contribution in [0.5, 0.6) is 5.75 Å². The Morgan fingerprint density at radius 3 is 2.82 bits per heavy atom. The van der Waals surface area contributed by atoms with Crippen LogP contribution in [-0.2, 0) is 16.1 Å². The number of carbonyl (C=O) groups excluding carboxylic acids is 1. The molecular weight excluding hydrogens is 507 g/mol. The van der Waals surface area contributed by atoms with Crippen molar-refractivity contribution in [3.63, 3.8) is 0 Å². The maximum absolute atomic E-state index is 13.7. The Morgan fingerprint density at radius 1 is 1.29 bits per heavy atom. The van der Waals surface area contributed by atoms with Gasteiger partial charge in [0.2, 0.25) is 5.91 Å². The first kappa shape index (κ1) is 26.1. The molecule has 1 N–H and O–H groups in total. The number of aromatic nitrogens is 3. The number of amides is 1. The molecule has 1 fully saturated rings. The van der Waals surface area contributed by atoms with Crippen molar-refractivity contribution >= 4 is 28.4 Å². The Bertz CT molecular complexity index is 1500. The molecule has 1 aliphatic rings. The average Bonchev–Trinajstić information content (AvgIpc) is 3.50. The lowest BCUT2D eigenvalue weighted by molar-refractivity contribution is -0.132. The minimum Gasteiger partial charge on any atom is -0.487 e.